The zero-order valence-corrected chi connectivity index (χ0v) is 12.7. The van der Waals surface area contributed by atoms with E-state index in [1.807, 2.05) is 0 Å². The van der Waals surface area contributed by atoms with E-state index in [1.165, 1.54) is 31.4 Å². The second-order valence-corrected chi connectivity index (χ2v) is 4.84. The minimum Gasteiger partial charge on any atom is -0.496 e. The maximum atomic E-state index is 13.3. The molecule has 0 saturated carbocycles. The molecule has 6 nitrogen and oxygen atoms in total. The largest absolute Gasteiger partial charge is 0.496 e. The van der Waals surface area contributed by atoms with Gasteiger partial charge in [0.15, 0.2) is 6.61 Å². The number of nitrogens with zero attached hydrogens (tertiary/aromatic N) is 1. The molecular weight excluding hydrogens is 329 g/mol. The lowest BCUT2D eigenvalue weighted by Gasteiger charge is -2.10. The van der Waals surface area contributed by atoms with Crippen molar-refractivity contribution < 1.29 is 23.6 Å². The number of Topliss-reactive ketones (excluding diaryl/α,β-unsaturated/α-hetero) is 1. The minimum atomic E-state index is -0.599. The van der Waals surface area contributed by atoms with Gasteiger partial charge in [0, 0.05) is 12.1 Å². The van der Waals surface area contributed by atoms with E-state index in [1.54, 1.807) is 0 Å². The molecule has 120 valence electrons. The Morgan fingerprint density at radius 1 is 1.26 bits per heavy atom. The van der Waals surface area contributed by atoms with Crippen molar-refractivity contribution in [2.45, 2.75) is 0 Å². The number of rotatable bonds is 6. The van der Waals surface area contributed by atoms with Crippen molar-refractivity contribution in [3.8, 4) is 11.5 Å². The van der Waals surface area contributed by atoms with Gasteiger partial charge in [-0.1, -0.05) is 11.6 Å². The number of nitro benzene ring substituents is 1. The third-order valence-corrected chi connectivity index (χ3v) is 3.24. The van der Waals surface area contributed by atoms with Crippen LogP contribution in [0.15, 0.2) is 36.4 Å². The number of methoxy groups -OCH3 is 1. The predicted molar refractivity (Wildman–Crippen MR) is 80.9 cm³/mol. The molecule has 23 heavy (non-hydrogen) atoms. The van der Waals surface area contributed by atoms with Gasteiger partial charge in [0.25, 0.3) is 5.69 Å². The Labute approximate surface area is 135 Å². The highest BCUT2D eigenvalue weighted by molar-refractivity contribution is 6.32. The predicted octanol–water partition coefficient (Wildman–Crippen LogP) is 3.66. The van der Waals surface area contributed by atoms with Gasteiger partial charge >= 0.3 is 0 Å². The second-order valence-electron chi connectivity index (χ2n) is 4.43. The molecule has 0 spiro atoms. The summed E-state index contributed by atoms with van der Waals surface area (Å²) in [5.74, 6) is -0.769. The van der Waals surface area contributed by atoms with E-state index in [9.17, 15) is 19.3 Å². The summed E-state index contributed by atoms with van der Waals surface area (Å²) >= 11 is 5.86. The van der Waals surface area contributed by atoms with Crippen molar-refractivity contribution in [3.63, 3.8) is 0 Å². The molecule has 0 aliphatic heterocycles. The first-order valence-electron chi connectivity index (χ1n) is 6.36. The van der Waals surface area contributed by atoms with Gasteiger partial charge in [-0.25, -0.2) is 4.39 Å². The summed E-state index contributed by atoms with van der Waals surface area (Å²) < 4.78 is 23.5. The Morgan fingerprint density at radius 3 is 2.57 bits per heavy atom. The molecule has 0 aromatic heterocycles. The third-order valence-electron chi connectivity index (χ3n) is 2.95. The Morgan fingerprint density at radius 2 is 1.96 bits per heavy atom. The van der Waals surface area contributed by atoms with Gasteiger partial charge in [0.2, 0.25) is 5.78 Å². The number of ketones is 1. The number of hydrogen-bond acceptors (Lipinski definition) is 5. The summed E-state index contributed by atoms with van der Waals surface area (Å²) in [6, 6.07) is 7.15. The van der Waals surface area contributed by atoms with Gasteiger partial charge in [0.05, 0.1) is 22.6 Å². The van der Waals surface area contributed by atoms with Gasteiger partial charge < -0.3 is 9.47 Å². The van der Waals surface area contributed by atoms with Gasteiger partial charge in [-0.15, -0.1) is 0 Å². The number of benzene rings is 2. The van der Waals surface area contributed by atoms with Crippen LogP contribution in [0.2, 0.25) is 5.02 Å². The van der Waals surface area contributed by atoms with Crippen LogP contribution in [0.4, 0.5) is 10.1 Å². The van der Waals surface area contributed by atoms with Crippen LogP contribution >= 0.6 is 11.6 Å². The number of halogens is 2. The van der Waals surface area contributed by atoms with Crippen LogP contribution in [-0.2, 0) is 0 Å². The lowest BCUT2D eigenvalue weighted by atomic mass is 10.1. The van der Waals surface area contributed by atoms with Gasteiger partial charge in [-0.05, 0) is 24.3 Å². The van der Waals surface area contributed by atoms with Crippen molar-refractivity contribution in [1.82, 2.24) is 0 Å². The van der Waals surface area contributed by atoms with Crippen LogP contribution in [0, 0.1) is 15.9 Å². The molecule has 0 amide bonds. The molecule has 2 aromatic carbocycles. The zero-order valence-electron chi connectivity index (χ0n) is 11.9. The molecule has 0 radical (unpaired) electrons. The van der Waals surface area contributed by atoms with Crippen LogP contribution in [0.5, 0.6) is 11.5 Å². The second kappa shape index (κ2) is 7.06. The van der Waals surface area contributed by atoms with E-state index >= 15 is 0 Å². The monoisotopic (exact) mass is 339 g/mol. The summed E-state index contributed by atoms with van der Waals surface area (Å²) in [6.07, 6.45) is 0. The molecule has 0 saturated heterocycles. The van der Waals surface area contributed by atoms with Gasteiger partial charge in [-0.3, -0.25) is 14.9 Å². The highest BCUT2D eigenvalue weighted by Crippen LogP contribution is 2.29. The molecule has 0 unspecified atom stereocenters. The van der Waals surface area contributed by atoms with Crippen molar-refractivity contribution in [3.05, 3.63) is 62.9 Å². The summed E-state index contributed by atoms with van der Waals surface area (Å²) in [5, 5.41) is 10.6. The molecular formula is C15H11ClFNO5. The Kier molecular flexibility index (Phi) is 5.13. The van der Waals surface area contributed by atoms with E-state index < -0.39 is 23.1 Å². The van der Waals surface area contributed by atoms with E-state index in [2.05, 4.69) is 0 Å². The molecule has 0 atom stereocenters. The Hall–Kier alpha value is -2.67. The fourth-order valence-corrected chi connectivity index (χ4v) is 2.07. The summed E-state index contributed by atoms with van der Waals surface area (Å²) in [4.78, 5) is 22.1. The number of ether oxygens (including phenoxy) is 2. The maximum Gasteiger partial charge on any atom is 0.271 e. The highest BCUT2D eigenvalue weighted by atomic mass is 35.5. The maximum absolute atomic E-state index is 13.3. The SMILES string of the molecule is COc1ccc(F)cc1C(=O)COc1ccc([N+](=O)[O-])cc1Cl. The average Bonchev–Trinajstić information content (AvgIpc) is 2.53. The number of nitro groups is 1. The van der Waals surface area contributed by atoms with Crippen molar-refractivity contribution >= 4 is 23.1 Å². The molecule has 0 aliphatic carbocycles. The fourth-order valence-electron chi connectivity index (χ4n) is 1.84. The molecule has 0 fully saturated rings. The average molecular weight is 340 g/mol. The zero-order chi connectivity index (χ0) is 17.0. The summed E-state index contributed by atoms with van der Waals surface area (Å²) in [7, 11) is 1.36. The number of carbonyl (C=O) groups is 1. The molecule has 2 rings (SSSR count). The van der Waals surface area contributed by atoms with Crippen LogP contribution < -0.4 is 9.47 Å². The van der Waals surface area contributed by atoms with Crippen LogP contribution in [0.25, 0.3) is 0 Å². The number of carbonyl (C=O) groups excluding carboxylic acids is 1. The van der Waals surface area contributed by atoms with E-state index in [-0.39, 0.29) is 27.8 Å². The van der Waals surface area contributed by atoms with Crippen molar-refractivity contribution in [1.29, 1.82) is 0 Å². The van der Waals surface area contributed by atoms with Crippen molar-refractivity contribution in [2.75, 3.05) is 13.7 Å². The van der Waals surface area contributed by atoms with Gasteiger partial charge in [0.1, 0.15) is 17.3 Å². The van der Waals surface area contributed by atoms with E-state index in [0.717, 1.165) is 12.1 Å². The van der Waals surface area contributed by atoms with Gasteiger partial charge in [-0.2, -0.15) is 0 Å². The quantitative estimate of drug-likeness (QED) is 0.456. The molecule has 0 heterocycles. The highest BCUT2D eigenvalue weighted by Gasteiger charge is 2.16. The molecule has 0 bridgehead atoms. The van der Waals surface area contributed by atoms with Crippen LogP contribution in [-0.4, -0.2) is 24.4 Å². The smallest absolute Gasteiger partial charge is 0.271 e. The van der Waals surface area contributed by atoms with E-state index in [0.29, 0.717) is 0 Å². The molecule has 0 N–H and O–H groups in total. The molecule has 0 aliphatic rings. The first-order valence-corrected chi connectivity index (χ1v) is 6.73. The minimum absolute atomic E-state index is 0.00166. The normalized spacial score (nSPS) is 10.2. The topological polar surface area (TPSA) is 78.7 Å². The molecule has 8 heteroatoms. The lowest BCUT2D eigenvalue weighted by Crippen LogP contribution is -2.13. The first-order chi connectivity index (χ1) is 10.9. The first kappa shape index (κ1) is 16.7. The standard InChI is InChI=1S/C15H11ClFNO5/c1-22-14-4-2-9(17)6-11(14)13(19)8-23-15-5-3-10(18(20)21)7-12(15)16/h2-7H,8H2,1H3. The molecule has 2 aromatic rings. The fraction of sp³-hybridized carbons (Fsp3) is 0.133. The lowest BCUT2D eigenvalue weighted by molar-refractivity contribution is -0.384. The summed E-state index contributed by atoms with van der Waals surface area (Å²) in [6.45, 7) is -0.419. The van der Waals surface area contributed by atoms with Crippen LogP contribution in [0.1, 0.15) is 10.4 Å². The van der Waals surface area contributed by atoms with Crippen LogP contribution in [0.3, 0.4) is 0 Å². The number of hydrogen-bond donors (Lipinski definition) is 0. The Balaban J connectivity index is 2.13. The van der Waals surface area contributed by atoms with E-state index in [4.69, 9.17) is 21.1 Å². The summed E-state index contributed by atoms with van der Waals surface area (Å²) in [5.41, 5.74) is -0.161. The van der Waals surface area contributed by atoms with Crippen molar-refractivity contribution in [2.24, 2.45) is 0 Å². The number of non-ortho nitro benzene ring substituents is 1. The Bertz CT molecular complexity index is 766. The third kappa shape index (κ3) is 3.95.